The first-order chi connectivity index (χ1) is 15.5. The van der Waals surface area contributed by atoms with Gasteiger partial charge < -0.3 is 20.7 Å². The van der Waals surface area contributed by atoms with E-state index in [1.807, 2.05) is 12.1 Å². The van der Waals surface area contributed by atoms with Crippen LogP contribution in [0.1, 0.15) is 27.9 Å². The van der Waals surface area contributed by atoms with E-state index in [2.05, 4.69) is 16.0 Å². The molecule has 3 N–H and O–H groups in total. The zero-order valence-electron chi connectivity index (χ0n) is 17.6. The van der Waals surface area contributed by atoms with Crippen LogP contribution in [0.3, 0.4) is 0 Å². The Balaban J connectivity index is 1.45. The van der Waals surface area contributed by atoms with Crippen LogP contribution in [-0.2, 0) is 22.4 Å². The van der Waals surface area contributed by atoms with Crippen molar-refractivity contribution in [2.75, 3.05) is 26.2 Å². The van der Waals surface area contributed by atoms with E-state index < -0.39 is 18.0 Å². The number of nitriles is 1. The molecule has 2 amide bonds. The highest BCUT2D eigenvalue weighted by molar-refractivity contribution is 5.97. The quantitative estimate of drug-likeness (QED) is 0.662. The Morgan fingerprint density at radius 1 is 1.25 bits per heavy atom. The van der Waals surface area contributed by atoms with E-state index >= 15 is 0 Å². The normalized spacial score (nSPS) is 19.1. The smallest absolute Gasteiger partial charge is 0.251 e. The van der Waals surface area contributed by atoms with Gasteiger partial charge in [0, 0.05) is 31.7 Å². The predicted octanol–water partition coefficient (Wildman–Crippen LogP) is 1.71. The van der Waals surface area contributed by atoms with Gasteiger partial charge in [-0.1, -0.05) is 24.3 Å². The summed E-state index contributed by atoms with van der Waals surface area (Å²) in [4.78, 5) is 24.3. The highest BCUT2D eigenvalue weighted by atomic mass is 19.1. The van der Waals surface area contributed by atoms with Crippen LogP contribution in [0.4, 0.5) is 4.39 Å². The summed E-state index contributed by atoms with van der Waals surface area (Å²) in [7, 11) is 0. The third-order valence-electron chi connectivity index (χ3n) is 5.75. The number of nitrogens with one attached hydrogen (secondary N) is 3. The van der Waals surface area contributed by atoms with Gasteiger partial charge in [-0.3, -0.25) is 9.59 Å². The topological polar surface area (TPSA) is 103 Å². The number of hydrogen-bond donors (Lipinski definition) is 3. The van der Waals surface area contributed by atoms with Crippen molar-refractivity contribution in [2.24, 2.45) is 0 Å². The Kier molecular flexibility index (Phi) is 6.78. The van der Waals surface area contributed by atoms with Gasteiger partial charge in [0.1, 0.15) is 18.0 Å². The Morgan fingerprint density at radius 2 is 2.06 bits per heavy atom. The van der Waals surface area contributed by atoms with Crippen molar-refractivity contribution in [3.63, 3.8) is 0 Å². The van der Waals surface area contributed by atoms with Crippen molar-refractivity contribution >= 4 is 11.8 Å². The van der Waals surface area contributed by atoms with E-state index in [0.29, 0.717) is 36.4 Å². The fraction of sp³-hybridized carbons (Fsp3) is 0.375. The number of ether oxygens (including phenoxy) is 1. The fourth-order valence-electron chi connectivity index (χ4n) is 4.00. The average Bonchev–Trinajstić information content (AvgIpc) is 3.09. The van der Waals surface area contributed by atoms with Gasteiger partial charge in [0.15, 0.2) is 0 Å². The molecule has 4 rings (SSSR count). The molecule has 2 heterocycles. The lowest BCUT2D eigenvalue weighted by atomic mass is 9.94. The Hall–Kier alpha value is -3.28. The molecule has 0 spiro atoms. The molecule has 0 radical (unpaired) electrons. The zero-order chi connectivity index (χ0) is 22.5. The average molecular weight is 436 g/mol. The van der Waals surface area contributed by atoms with E-state index in [0.717, 1.165) is 30.5 Å². The summed E-state index contributed by atoms with van der Waals surface area (Å²) >= 11 is 0. The van der Waals surface area contributed by atoms with E-state index in [4.69, 9.17) is 4.74 Å². The molecule has 2 aromatic carbocycles. The SMILES string of the molecule is N#CC(Cc1ccc(-c2ccc3c(c2)CCNC3=O)cc1F)NC(=O)[C@@H]1CNCCCO1. The van der Waals surface area contributed by atoms with Gasteiger partial charge in [-0.05, 0) is 53.8 Å². The minimum atomic E-state index is -0.864. The van der Waals surface area contributed by atoms with Gasteiger partial charge in [-0.2, -0.15) is 5.26 Å². The van der Waals surface area contributed by atoms with Crippen molar-refractivity contribution in [1.82, 2.24) is 16.0 Å². The molecule has 166 valence electrons. The summed E-state index contributed by atoms with van der Waals surface area (Å²) in [5.41, 5.74) is 3.45. The number of fused-ring (bicyclic) bond motifs is 1. The second-order valence-electron chi connectivity index (χ2n) is 8.00. The van der Waals surface area contributed by atoms with Gasteiger partial charge in [-0.25, -0.2) is 4.39 Å². The largest absolute Gasteiger partial charge is 0.367 e. The number of carbonyl (C=O) groups is 2. The molecular weight excluding hydrogens is 411 g/mol. The van der Waals surface area contributed by atoms with Gasteiger partial charge in [-0.15, -0.1) is 0 Å². The van der Waals surface area contributed by atoms with Crippen molar-refractivity contribution < 1.29 is 18.7 Å². The number of hydrogen-bond acceptors (Lipinski definition) is 5. The molecule has 2 aliphatic rings. The summed E-state index contributed by atoms with van der Waals surface area (Å²) in [6.45, 7) is 2.23. The molecule has 8 heteroatoms. The molecule has 0 bridgehead atoms. The van der Waals surface area contributed by atoms with Gasteiger partial charge >= 0.3 is 0 Å². The first-order valence-corrected chi connectivity index (χ1v) is 10.8. The summed E-state index contributed by atoms with van der Waals surface area (Å²) in [5, 5.41) is 18.1. The van der Waals surface area contributed by atoms with Crippen LogP contribution in [-0.4, -0.2) is 50.2 Å². The lowest BCUT2D eigenvalue weighted by Crippen LogP contribution is -2.46. The molecule has 2 atom stereocenters. The van der Waals surface area contributed by atoms with Crippen molar-refractivity contribution in [3.05, 3.63) is 58.9 Å². The monoisotopic (exact) mass is 436 g/mol. The molecule has 1 saturated heterocycles. The van der Waals surface area contributed by atoms with Gasteiger partial charge in [0.25, 0.3) is 11.8 Å². The van der Waals surface area contributed by atoms with Crippen LogP contribution in [0.25, 0.3) is 11.1 Å². The first-order valence-electron chi connectivity index (χ1n) is 10.8. The van der Waals surface area contributed by atoms with E-state index in [1.165, 1.54) is 6.07 Å². The molecular formula is C24H25FN4O3. The molecule has 7 nitrogen and oxygen atoms in total. The zero-order valence-corrected chi connectivity index (χ0v) is 17.6. The Morgan fingerprint density at radius 3 is 2.88 bits per heavy atom. The highest BCUT2D eigenvalue weighted by Gasteiger charge is 2.24. The second-order valence-corrected chi connectivity index (χ2v) is 8.00. The van der Waals surface area contributed by atoms with Gasteiger partial charge in [0.2, 0.25) is 0 Å². The van der Waals surface area contributed by atoms with Crippen molar-refractivity contribution in [1.29, 1.82) is 5.26 Å². The summed E-state index contributed by atoms with van der Waals surface area (Å²) in [6.07, 6.45) is 0.949. The second kappa shape index (κ2) is 9.90. The maximum absolute atomic E-state index is 14.9. The summed E-state index contributed by atoms with van der Waals surface area (Å²) in [6, 6.07) is 11.5. The molecule has 1 unspecified atom stereocenters. The molecule has 2 aliphatic heterocycles. The summed E-state index contributed by atoms with van der Waals surface area (Å²) < 4.78 is 20.4. The third-order valence-corrected chi connectivity index (χ3v) is 5.75. The van der Waals surface area contributed by atoms with Crippen LogP contribution in [0, 0.1) is 17.1 Å². The summed E-state index contributed by atoms with van der Waals surface area (Å²) in [5.74, 6) is -0.908. The predicted molar refractivity (Wildman–Crippen MR) is 116 cm³/mol. The minimum absolute atomic E-state index is 0.0544. The molecule has 32 heavy (non-hydrogen) atoms. The number of nitrogens with zero attached hydrogens (tertiary/aromatic N) is 1. The first kappa shape index (κ1) is 21.9. The number of carbonyl (C=O) groups excluding carboxylic acids is 2. The third kappa shape index (κ3) is 4.96. The van der Waals surface area contributed by atoms with E-state index in [1.54, 1.807) is 24.3 Å². The van der Waals surface area contributed by atoms with E-state index in [9.17, 15) is 19.2 Å². The fourth-order valence-corrected chi connectivity index (χ4v) is 4.00. The Bertz CT molecular complexity index is 1060. The number of benzene rings is 2. The number of amides is 2. The van der Waals surface area contributed by atoms with Crippen LogP contribution in [0.15, 0.2) is 36.4 Å². The van der Waals surface area contributed by atoms with Crippen molar-refractivity contribution in [2.45, 2.75) is 31.4 Å². The maximum atomic E-state index is 14.9. The standard InChI is InChI=1S/C24H25FN4O3/c25-21-12-16(15-4-5-20-17(10-15)6-8-28-23(20)30)2-3-18(21)11-19(13-26)29-24(31)22-14-27-7-1-9-32-22/h2-5,10,12,19,22,27H,1,6-9,11,14H2,(H,28,30)(H,29,31)/t19?,22-/m0/s1. The maximum Gasteiger partial charge on any atom is 0.251 e. The Labute approximate surface area is 186 Å². The molecule has 0 aliphatic carbocycles. The lowest BCUT2D eigenvalue weighted by molar-refractivity contribution is -0.132. The van der Waals surface area contributed by atoms with E-state index in [-0.39, 0.29) is 18.2 Å². The van der Waals surface area contributed by atoms with Crippen molar-refractivity contribution in [3.8, 4) is 17.2 Å². The van der Waals surface area contributed by atoms with Crippen LogP contribution >= 0.6 is 0 Å². The number of halogens is 1. The minimum Gasteiger partial charge on any atom is -0.367 e. The molecule has 0 aromatic heterocycles. The number of rotatable bonds is 5. The highest BCUT2D eigenvalue weighted by Crippen LogP contribution is 2.26. The molecule has 0 saturated carbocycles. The van der Waals surface area contributed by atoms with Crippen LogP contribution in [0.5, 0.6) is 0 Å². The van der Waals surface area contributed by atoms with Gasteiger partial charge in [0.05, 0.1) is 6.07 Å². The van der Waals surface area contributed by atoms with Crippen LogP contribution in [0.2, 0.25) is 0 Å². The van der Waals surface area contributed by atoms with Crippen LogP contribution < -0.4 is 16.0 Å². The molecule has 2 aromatic rings. The lowest BCUT2D eigenvalue weighted by Gasteiger charge is -2.18. The molecule has 1 fully saturated rings.